The fraction of sp³-hybridized carbons (Fsp3) is 0.0455. The second kappa shape index (κ2) is 5.92. The van der Waals surface area contributed by atoms with E-state index in [0.717, 1.165) is 27.4 Å². The molecule has 0 atom stereocenters. The second-order valence-corrected chi connectivity index (χ2v) is 6.42. The summed E-state index contributed by atoms with van der Waals surface area (Å²) in [6.07, 6.45) is 1.74. The molecule has 0 aliphatic carbocycles. The summed E-state index contributed by atoms with van der Waals surface area (Å²) in [5.41, 5.74) is 3.49. The highest BCUT2D eigenvalue weighted by Crippen LogP contribution is 2.27. The first-order chi connectivity index (χ1) is 13.3. The first kappa shape index (κ1) is 15.5. The lowest BCUT2D eigenvalue weighted by Crippen LogP contribution is -2.18. The highest BCUT2D eigenvalue weighted by Gasteiger charge is 2.17. The van der Waals surface area contributed by atoms with Gasteiger partial charge in [-0.3, -0.25) is 4.79 Å². The Kier molecular flexibility index (Phi) is 3.40. The van der Waals surface area contributed by atoms with Crippen LogP contribution in [0.4, 0.5) is 0 Å². The summed E-state index contributed by atoms with van der Waals surface area (Å²) in [6.45, 7) is 4.24. The summed E-state index contributed by atoms with van der Waals surface area (Å²) in [7, 11) is 0. The van der Waals surface area contributed by atoms with E-state index in [4.69, 9.17) is 0 Å². The van der Waals surface area contributed by atoms with Crippen LogP contribution >= 0.6 is 0 Å². The van der Waals surface area contributed by atoms with Crippen molar-refractivity contribution in [3.05, 3.63) is 89.7 Å². The molecule has 0 amide bonds. The Hall–Kier alpha value is -3.73. The lowest BCUT2D eigenvalue weighted by molar-refractivity contribution is 0.822. The second-order valence-electron chi connectivity index (χ2n) is 6.42. The highest BCUT2D eigenvalue weighted by atomic mass is 16.1. The predicted octanol–water partition coefficient (Wildman–Crippen LogP) is 4.05. The van der Waals surface area contributed by atoms with E-state index in [1.807, 2.05) is 66.7 Å². The van der Waals surface area contributed by atoms with Crippen LogP contribution in [0.2, 0.25) is 0 Å². The molecule has 0 bridgehead atoms. The number of hydrogen-bond acceptors (Lipinski definition) is 3. The fourth-order valence-electron chi connectivity index (χ4n) is 3.68. The molecule has 0 saturated heterocycles. The number of benzene rings is 3. The molecule has 130 valence electrons. The van der Waals surface area contributed by atoms with Crippen LogP contribution in [-0.4, -0.2) is 19.4 Å². The maximum absolute atomic E-state index is 13.6. The van der Waals surface area contributed by atoms with E-state index in [1.54, 1.807) is 15.2 Å². The summed E-state index contributed by atoms with van der Waals surface area (Å²) in [6, 6.07) is 21.6. The van der Waals surface area contributed by atoms with Crippen LogP contribution in [0.15, 0.2) is 84.2 Å². The maximum atomic E-state index is 13.6. The van der Waals surface area contributed by atoms with Gasteiger partial charge in [-0.05, 0) is 17.5 Å². The zero-order valence-corrected chi connectivity index (χ0v) is 14.5. The average Bonchev–Trinajstić information content (AvgIpc) is 3.13. The molecule has 5 aromatic rings. The van der Waals surface area contributed by atoms with Crippen molar-refractivity contribution in [3.63, 3.8) is 0 Å². The molecule has 0 fully saturated rings. The van der Waals surface area contributed by atoms with Crippen molar-refractivity contribution in [1.82, 2.24) is 19.4 Å². The van der Waals surface area contributed by atoms with Crippen LogP contribution in [0, 0.1) is 0 Å². The Morgan fingerprint density at radius 2 is 1.67 bits per heavy atom. The summed E-state index contributed by atoms with van der Waals surface area (Å²) < 4.78 is 3.41. The highest BCUT2D eigenvalue weighted by molar-refractivity contribution is 6.07. The molecule has 3 aromatic carbocycles. The van der Waals surface area contributed by atoms with E-state index in [1.165, 1.54) is 0 Å². The smallest absolute Gasteiger partial charge is 0.279 e. The number of nitrogens with zero attached hydrogens (tertiary/aromatic N) is 4. The number of aromatic nitrogens is 4. The van der Waals surface area contributed by atoms with Crippen LogP contribution in [-0.2, 0) is 6.54 Å². The number of fused-ring (bicyclic) bond motifs is 2. The Morgan fingerprint density at radius 1 is 0.926 bits per heavy atom. The van der Waals surface area contributed by atoms with Gasteiger partial charge < -0.3 is 4.57 Å². The van der Waals surface area contributed by atoms with Crippen LogP contribution in [0.1, 0.15) is 0 Å². The van der Waals surface area contributed by atoms with Gasteiger partial charge in [-0.1, -0.05) is 65.9 Å². The van der Waals surface area contributed by atoms with Crippen LogP contribution in [0.5, 0.6) is 0 Å². The molecular weight excluding hydrogens is 336 g/mol. The molecule has 0 radical (unpaired) electrons. The molecule has 2 heterocycles. The third kappa shape index (κ3) is 2.22. The average molecular weight is 352 g/mol. The SMILES string of the molecule is C=CCn1c(=O)c2c(-c3ccccc3)nnn2c2cccc3cccc1c32. The standard InChI is InChI=1S/C22H16N4O/c1-2-14-25-17-12-6-10-15-11-7-13-18(19(15)17)26-21(22(25)27)20(23-24-26)16-8-4-3-5-9-16/h2-13H,1,14H2. The zero-order chi connectivity index (χ0) is 18.4. The van der Waals surface area contributed by atoms with Gasteiger partial charge in [0.2, 0.25) is 0 Å². The Morgan fingerprint density at radius 3 is 2.41 bits per heavy atom. The first-order valence-corrected chi connectivity index (χ1v) is 8.75. The predicted molar refractivity (Wildman–Crippen MR) is 108 cm³/mol. The summed E-state index contributed by atoms with van der Waals surface area (Å²) in [5.74, 6) is 0. The summed E-state index contributed by atoms with van der Waals surface area (Å²) in [5, 5.41) is 10.7. The van der Waals surface area contributed by atoms with Gasteiger partial charge in [0.25, 0.3) is 5.56 Å². The normalized spacial score (nSPS) is 11.4. The van der Waals surface area contributed by atoms with Gasteiger partial charge in [0, 0.05) is 17.5 Å². The molecule has 0 aliphatic heterocycles. The van der Waals surface area contributed by atoms with Gasteiger partial charge in [0.05, 0.1) is 11.0 Å². The zero-order valence-electron chi connectivity index (χ0n) is 14.5. The minimum atomic E-state index is -0.137. The van der Waals surface area contributed by atoms with Crippen molar-refractivity contribution >= 4 is 27.3 Å². The molecule has 2 aromatic heterocycles. The molecule has 5 rings (SSSR count). The Bertz CT molecular complexity index is 1370. The number of allylic oxidation sites excluding steroid dienone is 1. The number of hydrogen-bond donors (Lipinski definition) is 0. The monoisotopic (exact) mass is 352 g/mol. The van der Waals surface area contributed by atoms with Gasteiger partial charge in [-0.2, -0.15) is 0 Å². The Labute approximate surface area is 154 Å². The van der Waals surface area contributed by atoms with E-state index in [0.29, 0.717) is 17.8 Å². The summed E-state index contributed by atoms with van der Waals surface area (Å²) >= 11 is 0. The third-order valence-electron chi connectivity index (χ3n) is 4.86. The molecule has 0 aliphatic rings. The minimum Gasteiger partial charge on any atom is -0.302 e. The lowest BCUT2D eigenvalue weighted by atomic mass is 10.1. The maximum Gasteiger partial charge on any atom is 0.279 e. The van der Waals surface area contributed by atoms with Crippen molar-refractivity contribution in [2.45, 2.75) is 6.54 Å². The first-order valence-electron chi connectivity index (χ1n) is 8.75. The largest absolute Gasteiger partial charge is 0.302 e. The van der Waals surface area contributed by atoms with E-state index in [2.05, 4.69) is 16.9 Å². The molecule has 27 heavy (non-hydrogen) atoms. The molecule has 0 unspecified atom stereocenters. The van der Waals surface area contributed by atoms with E-state index in [9.17, 15) is 4.79 Å². The molecule has 0 spiro atoms. The van der Waals surface area contributed by atoms with E-state index in [-0.39, 0.29) is 5.56 Å². The quantitative estimate of drug-likeness (QED) is 0.460. The molecular formula is C22H16N4O. The number of rotatable bonds is 3. The molecule has 5 heteroatoms. The summed E-state index contributed by atoms with van der Waals surface area (Å²) in [4.78, 5) is 13.6. The molecule has 5 nitrogen and oxygen atoms in total. The van der Waals surface area contributed by atoms with Crippen molar-refractivity contribution in [3.8, 4) is 11.3 Å². The van der Waals surface area contributed by atoms with Gasteiger partial charge >= 0.3 is 0 Å². The molecule has 0 saturated carbocycles. The van der Waals surface area contributed by atoms with Crippen LogP contribution in [0.3, 0.4) is 0 Å². The van der Waals surface area contributed by atoms with Crippen molar-refractivity contribution in [1.29, 1.82) is 0 Å². The minimum absolute atomic E-state index is 0.137. The van der Waals surface area contributed by atoms with Crippen LogP contribution in [0.25, 0.3) is 38.6 Å². The topological polar surface area (TPSA) is 52.2 Å². The third-order valence-corrected chi connectivity index (χ3v) is 4.86. The van der Waals surface area contributed by atoms with Gasteiger partial charge in [0.1, 0.15) is 5.69 Å². The van der Waals surface area contributed by atoms with Gasteiger partial charge in [0.15, 0.2) is 5.52 Å². The van der Waals surface area contributed by atoms with Crippen molar-refractivity contribution in [2.75, 3.05) is 0 Å². The van der Waals surface area contributed by atoms with E-state index >= 15 is 0 Å². The van der Waals surface area contributed by atoms with Gasteiger partial charge in [-0.25, -0.2) is 4.52 Å². The van der Waals surface area contributed by atoms with Crippen LogP contribution < -0.4 is 5.56 Å². The van der Waals surface area contributed by atoms with Crippen molar-refractivity contribution < 1.29 is 0 Å². The Balaban J connectivity index is 2.10. The van der Waals surface area contributed by atoms with Gasteiger partial charge in [-0.15, -0.1) is 11.7 Å². The van der Waals surface area contributed by atoms with Crippen molar-refractivity contribution in [2.24, 2.45) is 0 Å². The molecule has 0 N–H and O–H groups in total. The van der Waals surface area contributed by atoms with E-state index < -0.39 is 0 Å². The lowest BCUT2D eigenvalue weighted by Gasteiger charge is -2.06. The fourth-order valence-corrected chi connectivity index (χ4v) is 3.68.